The van der Waals surface area contributed by atoms with Crippen LogP contribution in [0.4, 0.5) is 0 Å². The van der Waals surface area contributed by atoms with Crippen molar-refractivity contribution in [1.29, 1.82) is 0 Å². The Hall–Kier alpha value is -2.58. The molecule has 0 saturated carbocycles. The molecule has 1 atom stereocenters. The van der Waals surface area contributed by atoms with Crippen LogP contribution in [0.3, 0.4) is 0 Å². The Kier molecular flexibility index (Phi) is 8.53. The molecule has 0 aliphatic rings. The molecule has 0 aliphatic carbocycles. The first-order valence-electron chi connectivity index (χ1n) is 11.3. The summed E-state index contributed by atoms with van der Waals surface area (Å²) in [7, 11) is 0. The summed E-state index contributed by atoms with van der Waals surface area (Å²) in [5.41, 5.74) is 6.12. The molecule has 3 rings (SSSR count). The Morgan fingerprint density at radius 2 is 1.27 bits per heavy atom. The molecule has 0 aliphatic heterocycles. The number of hydrogen-bond donors (Lipinski definition) is 0. The van der Waals surface area contributed by atoms with E-state index in [9.17, 15) is 0 Å². The van der Waals surface area contributed by atoms with Gasteiger partial charge in [0.05, 0.1) is 12.7 Å². The van der Waals surface area contributed by atoms with E-state index in [2.05, 4.69) is 93.6 Å². The van der Waals surface area contributed by atoms with E-state index in [0.29, 0.717) is 0 Å². The minimum atomic E-state index is 0.127. The van der Waals surface area contributed by atoms with E-state index >= 15 is 0 Å². The third-order valence-electron chi connectivity index (χ3n) is 5.37. The van der Waals surface area contributed by atoms with Gasteiger partial charge in [0.2, 0.25) is 0 Å². The topological polar surface area (TPSA) is 18.5 Å². The van der Waals surface area contributed by atoms with Crippen molar-refractivity contribution in [3.63, 3.8) is 0 Å². The van der Waals surface area contributed by atoms with Crippen LogP contribution in [-0.2, 0) is 4.74 Å². The van der Waals surface area contributed by atoms with E-state index in [4.69, 9.17) is 9.47 Å². The van der Waals surface area contributed by atoms with Gasteiger partial charge in [-0.2, -0.15) is 0 Å². The van der Waals surface area contributed by atoms with Gasteiger partial charge in [-0.15, -0.1) is 0 Å². The van der Waals surface area contributed by atoms with E-state index in [-0.39, 0.29) is 6.10 Å². The van der Waals surface area contributed by atoms with Crippen LogP contribution in [0.5, 0.6) is 5.75 Å². The van der Waals surface area contributed by atoms with Gasteiger partial charge in [0.15, 0.2) is 0 Å². The zero-order chi connectivity index (χ0) is 21.2. The van der Waals surface area contributed by atoms with Gasteiger partial charge < -0.3 is 9.47 Å². The fraction of sp³-hybridized carbons (Fsp3) is 0.357. The average Bonchev–Trinajstić information content (AvgIpc) is 2.81. The zero-order valence-corrected chi connectivity index (χ0v) is 18.6. The van der Waals surface area contributed by atoms with Gasteiger partial charge in [-0.3, -0.25) is 0 Å². The first-order chi connectivity index (χ1) is 14.7. The fourth-order valence-electron chi connectivity index (χ4n) is 3.58. The summed E-state index contributed by atoms with van der Waals surface area (Å²) in [6, 6.07) is 25.8. The van der Waals surface area contributed by atoms with E-state index in [0.717, 1.165) is 31.8 Å². The molecule has 1 unspecified atom stereocenters. The van der Waals surface area contributed by atoms with Crippen LogP contribution in [0.1, 0.15) is 58.1 Å². The van der Waals surface area contributed by atoms with Crippen molar-refractivity contribution >= 4 is 0 Å². The van der Waals surface area contributed by atoms with Gasteiger partial charge in [0.25, 0.3) is 0 Å². The highest BCUT2D eigenvalue weighted by molar-refractivity contribution is 5.83. The smallest absolute Gasteiger partial charge is 0.119 e. The van der Waals surface area contributed by atoms with Crippen molar-refractivity contribution in [2.75, 3.05) is 13.2 Å². The monoisotopic (exact) mass is 402 g/mol. The lowest BCUT2D eigenvalue weighted by Crippen LogP contribution is -2.01. The van der Waals surface area contributed by atoms with Crippen molar-refractivity contribution in [3.8, 4) is 28.0 Å². The molecule has 2 nitrogen and oxygen atoms in total. The van der Waals surface area contributed by atoms with Gasteiger partial charge in [-0.25, -0.2) is 0 Å². The van der Waals surface area contributed by atoms with E-state index < -0.39 is 0 Å². The summed E-state index contributed by atoms with van der Waals surface area (Å²) in [5, 5.41) is 0. The van der Waals surface area contributed by atoms with Crippen molar-refractivity contribution in [3.05, 3.63) is 78.4 Å². The second-order valence-electron chi connectivity index (χ2n) is 7.76. The van der Waals surface area contributed by atoms with Crippen LogP contribution < -0.4 is 4.74 Å². The molecule has 0 saturated heterocycles. The van der Waals surface area contributed by atoms with Crippen LogP contribution in [0.15, 0.2) is 72.8 Å². The number of benzene rings is 3. The molecule has 0 heterocycles. The number of unbranched alkanes of at least 4 members (excludes halogenated alkanes) is 2. The summed E-state index contributed by atoms with van der Waals surface area (Å²) in [4.78, 5) is 0. The van der Waals surface area contributed by atoms with Gasteiger partial charge >= 0.3 is 0 Å². The lowest BCUT2D eigenvalue weighted by atomic mass is 9.94. The maximum absolute atomic E-state index is 6.00. The Labute approximate surface area is 181 Å². The molecule has 0 bridgehead atoms. The summed E-state index contributed by atoms with van der Waals surface area (Å²) in [5.74, 6) is 0.926. The molecule has 3 aromatic rings. The average molecular weight is 403 g/mol. The Bertz CT molecular complexity index is 881. The van der Waals surface area contributed by atoms with Crippen molar-refractivity contribution < 1.29 is 9.47 Å². The predicted octanol–water partition coefficient (Wildman–Crippen LogP) is 8.08. The van der Waals surface area contributed by atoms with Gasteiger partial charge in [0.1, 0.15) is 5.75 Å². The first kappa shape index (κ1) is 22.1. The lowest BCUT2D eigenvalue weighted by Gasteiger charge is -2.15. The van der Waals surface area contributed by atoms with Crippen LogP contribution in [0.2, 0.25) is 0 Å². The Balaban J connectivity index is 1.75. The molecule has 0 amide bonds. The molecule has 3 aromatic carbocycles. The summed E-state index contributed by atoms with van der Waals surface area (Å²) in [6.07, 6.45) is 4.73. The van der Waals surface area contributed by atoms with Crippen LogP contribution >= 0.6 is 0 Å². The van der Waals surface area contributed by atoms with E-state index in [1.54, 1.807) is 0 Å². The molecule has 2 heteroatoms. The maximum Gasteiger partial charge on any atom is 0.119 e. The van der Waals surface area contributed by atoms with E-state index in [1.165, 1.54) is 40.7 Å². The summed E-state index contributed by atoms with van der Waals surface area (Å²) < 4.78 is 11.7. The fourth-order valence-corrected chi connectivity index (χ4v) is 3.58. The molecule has 30 heavy (non-hydrogen) atoms. The third-order valence-corrected chi connectivity index (χ3v) is 5.37. The second-order valence-corrected chi connectivity index (χ2v) is 7.76. The molecular weight excluding hydrogens is 368 g/mol. The predicted molar refractivity (Wildman–Crippen MR) is 127 cm³/mol. The summed E-state index contributed by atoms with van der Waals surface area (Å²) >= 11 is 0. The number of rotatable bonds is 11. The largest absolute Gasteiger partial charge is 0.494 e. The quantitative estimate of drug-likeness (QED) is 0.302. The van der Waals surface area contributed by atoms with Crippen molar-refractivity contribution in [2.45, 2.75) is 52.6 Å². The third kappa shape index (κ3) is 5.96. The maximum atomic E-state index is 6.00. The van der Waals surface area contributed by atoms with Crippen LogP contribution in [-0.4, -0.2) is 13.2 Å². The normalized spacial score (nSPS) is 12.0. The second kappa shape index (κ2) is 11.6. The molecule has 0 aromatic heterocycles. The molecular formula is C28H34O2. The molecule has 0 N–H and O–H groups in total. The van der Waals surface area contributed by atoms with Crippen LogP contribution in [0.25, 0.3) is 22.3 Å². The van der Waals surface area contributed by atoms with Gasteiger partial charge in [0, 0.05) is 6.61 Å². The number of hydrogen-bond acceptors (Lipinski definition) is 2. The van der Waals surface area contributed by atoms with Gasteiger partial charge in [-0.05, 0) is 59.7 Å². The number of ether oxygens (including phenoxy) is 2. The van der Waals surface area contributed by atoms with Crippen molar-refractivity contribution in [1.82, 2.24) is 0 Å². The molecule has 0 radical (unpaired) electrons. The molecule has 0 spiro atoms. The highest BCUT2D eigenvalue weighted by atomic mass is 16.5. The van der Waals surface area contributed by atoms with Gasteiger partial charge in [-0.1, -0.05) is 87.4 Å². The van der Waals surface area contributed by atoms with Crippen LogP contribution in [0, 0.1) is 0 Å². The molecule has 0 fully saturated rings. The highest BCUT2D eigenvalue weighted by Gasteiger charge is 2.10. The Morgan fingerprint density at radius 3 is 1.83 bits per heavy atom. The minimum Gasteiger partial charge on any atom is -0.494 e. The highest BCUT2D eigenvalue weighted by Crippen LogP contribution is 2.33. The van der Waals surface area contributed by atoms with Crippen molar-refractivity contribution in [2.24, 2.45) is 0 Å². The van der Waals surface area contributed by atoms with E-state index in [1.807, 2.05) is 0 Å². The first-order valence-corrected chi connectivity index (χ1v) is 11.3. The minimum absolute atomic E-state index is 0.127. The Morgan fingerprint density at radius 1 is 0.667 bits per heavy atom. The zero-order valence-electron chi connectivity index (χ0n) is 18.6. The SMILES string of the molecule is CCCCCOC(C)c1ccc(-c2ccccc2-c2ccc(OCCC)cc2)cc1. The molecule has 158 valence electrons. The lowest BCUT2D eigenvalue weighted by molar-refractivity contribution is 0.0630. The standard InChI is InChI=1S/C28H34O2/c1-4-6-9-21-29-22(3)23-12-14-24(15-13-23)27-10-7-8-11-28(27)25-16-18-26(19-17-25)30-20-5-2/h7-8,10-19,22H,4-6,9,20-21H2,1-3H3. The summed E-state index contributed by atoms with van der Waals surface area (Å²) in [6.45, 7) is 8.06.